The van der Waals surface area contributed by atoms with Gasteiger partial charge in [0.1, 0.15) is 0 Å². The SMILES string of the molecule is CCCCn1c[n+](CCC[Si](OC)(OC)OC)c2ccccc21. The number of rotatable bonds is 10. The summed E-state index contributed by atoms with van der Waals surface area (Å²) in [6, 6.07) is 9.40. The van der Waals surface area contributed by atoms with Gasteiger partial charge in [0.15, 0.2) is 11.0 Å². The van der Waals surface area contributed by atoms with Crippen molar-refractivity contribution in [2.45, 2.75) is 45.3 Å². The highest BCUT2D eigenvalue weighted by Crippen LogP contribution is 2.16. The first-order chi connectivity index (χ1) is 11.2. The van der Waals surface area contributed by atoms with Gasteiger partial charge >= 0.3 is 8.80 Å². The van der Waals surface area contributed by atoms with Crippen LogP contribution in [0.5, 0.6) is 0 Å². The lowest BCUT2D eigenvalue weighted by molar-refractivity contribution is -0.672. The van der Waals surface area contributed by atoms with Gasteiger partial charge in [0.2, 0.25) is 6.33 Å². The van der Waals surface area contributed by atoms with E-state index in [0.29, 0.717) is 0 Å². The van der Waals surface area contributed by atoms with E-state index >= 15 is 0 Å². The van der Waals surface area contributed by atoms with E-state index in [2.05, 4.69) is 46.7 Å². The van der Waals surface area contributed by atoms with Crippen LogP contribution in [0.1, 0.15) is 26.2 Å². The van der Waals surface area contributed by atoms with Gasteiger partial charge in [-0.2, -0.15) is 0 Å². The zero-order chi connectivity index (χ0) is 16.7. The van der Waals surface area contributed by atoms with Gasteiger partial charge in [-0.1, -0.05) is 25.5 Å². The van der Waals surface area contributed by atoms with Crippen molar-refractivity contribution >= 4 is 19.8 Å². The molecule has 0 aliphatic heterocycles. The van der Waals surface area contributed by atoms with E-state index in [-0.39, 0.29) is 0 Å². The van der Waals surface area contributed by atoms with Gasteiger partial charge in [0, 0.05) is 27.4 Å². The molecule has 0 saturated heterocycles. The molecule has 5 nitrogen and oxygen atoms in total. The Kier molecular flexibility index (Phi) is 6.77. The second kappa shape index (κ2) is 8.59. The van der Waals surface area contributed by atoms with Crippen LogP contribution in [-0.2, 0) is 26.4 Å². The first-order valence-electron chi connectivity index (χ1n) is 8.32. The zero-order valence-corrected chi connectivity index (χ0v) is 15.7. The van der Waals surface area contributed by atoms with Crippen LogP contribution < -0.4 is 4.57 Å². The van der Waals surface area contributed by atoms with E-state index < -0.39 is 8.80 Å². The van der Waals surface area contributed by atoms with Gasteiger partial charge in [-0.05, 0) is 25.0 Å². The molecule has 0 aliphatic carbocycles. The molecule has 0 unspecified atom stereocenters. The van der Waals surface area contributed by atoms with Crippen molar-refractivity contribution in [1.82, 2.24) is 4.57 Å². The number of aromatic nitrogens is 2. The number of unbranched alkanes of at least 4 members (excludes halogenated alkanes) is 1. The van der Waals surface area contributed by atoms with Gasteiger partial charge in [-0.25, -0.2) is 9.13 Å². The molecule has 23 heavy (non-hydrogen) atoms. The molecule has 128 valence electrons. The standard InChI is InChI=1S/C17H29N2O3Si/c1-5-6-12-18-15-19(17-11-8-7-10-16(17)18)13-9-14-23(20-2,21-3)22-4/h7-8,10-11,15H,5-6,9,12-14H2,1-4H3/q+1. The summed E-state index contributed by atoms with van der Waals surface area (Å²) in [6.07, 6.45) is 5.60. The van der Waals surface area contributed by atoms with Crippen molar-refractivity contribution in [2.75, 3.05) is 21.3 Å². The number of fused-ring (bicyclic) bond motifs is 1. The molecule has 0 fully saturated rings. The normalized spacial score (nSPS) is 12.2. The molecule has 1 heterocycles. The van der Waals surface area contributed by atoms with Crippen LogP contribution >= 0.6 is 0 Å². The lowest BCUT2D eigenvalue weighted by Crippen LogP contribution is -2.44. The molecule has 0 radical (unpaired) electrons. The Bertz CT molecular complexity index is 603. The maximum atomic E-state index is 5.50. The highest BCUT2D eigenvalue weighted by Gasteiger charge is 2.37. The Hall–Kier alpha value is -1.21. The number of hydrogen-bond acceptors (Lipinski definition) is 3. The number of benzene rings is 1. The second-order valence-corrected chi connectivity index (χ2v) is 8.83. The van der Waals surface area contributed by atoms with Crippen LogP contribution in [0.4, 0.5) is 0 Å². The Labute approximate surface area is 140 Å². The second-order valence-electron chi connectivity index (χ2n) is 5.74. The van der Waals surface area contributed by atoms with E-state index in [1.165, 1.54) is 23.9 Å². The lowest BCUT2D eigenvalue weighted by Gasteiger charge is -2.23. The fourth-order valence-corrected chi connectivity index (χ4v) is 4.65. The Morgan fingerprint density at radius 3 is 2.39 bits per heavy atom. The molecule has 2 rings (SSSR count). The van der Waals surface area contributed by atoms with Crippen molar-refractivity contribution < 1.29 is 17.8 Å². The maximum Gasteiger partial charge on any atom is 0.500 e. The monoisotopic (exact) mass is 337 g/mol. The van der Waals surface area contributed by atoms with Crippen LogP contribution in [0.15, 0.2) is 30.6 Å². The largest absolute Gasteiger partial charge is 0.500 e. The smallest absolute Gasteiger partial charge is 0.377 e. The van der Waals surface area contributed by atoms with E-state index in [1.807, 2.05) is 0 Å². The van der Waals surface area contributed by atoms with Crippen molar-refractivity contribution in [2.24, 2.45) is 0 Å². The van der Waals surface area contributed by atoms with Crippen molar-refractivity contribution in [3.8, 4) is 0 Å². The minimum atomic E-state index is -2.47. The minimum absolute atomic E-state index is 0.817. The maximum absolute atomic E-state index is 5.50. The van der Waals surface area contributed by atoms with Crippen LogP contribution in [0, 0.1) is 0 Å². The molecule has 0 aliphatic rings. The molecular weight excluding hydrogens is 308 g/mol. The third-order valence-electron chi connectivity index (χ3n) is 4.35. The summed E-state index contributed by atoms with van der Waals surface area (Å²) in [6.45, 7) is 4.23. The quantitative estimate of drug-likeness (QED) is 0.494. The summed E-state index contributed by atoms with van der Waals surface area (Å²) in [7, 11) is 2.54. The predicted octanol–water partition coefficient (Wildman–Crippen LogP) is 3.00. The molecule has 2 aromatic rings. The molecular formula is C17H29N2O3Si+. The first kappa shape index (κ1) is 18.1. The summed E-state index contributed by atoms with van der Waals surface area (Å²) in [5, 5.41) is 0. The number of hydrogen-bond donors (Lipinski definition) is 0. The number of aryl methyl sites for hydroxylation is 2. The summed E-state index contributed by atoms with van der Waals surface area (Å²) in [5.74, 6) is 0. The van der Waals surface area contributed by atoms with Crippen molar-refractivity contribution in [1.29, 1.82) is 0 Å². The number of para-hydroxylation sites is 2. The molecule has 0 N–H and O–H groups in total. The summed E-state index contributed by atoms with van der Waals surface area (Å²) in [5.41, 5.74) is 2.58. The molecule has 6 heteroatoms. The number of nitrogens with zero attached hydrogens (tertiary/aromatic N) is 2. The molecule has 0 spiro atoms. The molecule has 0 saturated carbocycles. The lowest BCUT2D eigenvalue weighted by atomic mass is 10.3. The number of imidazole rings is 1. The third-order valence-corrected chi connectivity index (χ3v) is 7.18. The average molecular weight is 338 g/mol. The molecule has 0 atom stereocenters. The minimum Gasteiger partial charge on any atom is -0.377 e. The average Bonchev–Trinajstić information content (AvgIpc) is 2.95. The molecule has 0 amide bonds. The highest BCUT2D eigenvalue weighted by molar-refractivity contribution is 6.60. The van der Waals surface area contributed by atoms with Crippen molar-refractivity contribution in [3.63, 3.8) is 0 Å². The fraction of sp³-hybridized carbons (Fsp3) is 0.588. The van der Waals surface area contributed by atoms with Crippen LogP contribution in [-0.4, -0.2) is 34.7 Å². The summed E-state index contributed by atoms with van der Waals surface area (Å²) >= 11 is 0. The van der Waals surface area contributed by atoms with Crippen LogP contribution in [0.3, 0.4) is 0 Å². The van der Waals surface area contributed by atoms with Gasteiger partial charge in [0.25, 0.3) is 0 Å². The molecule has 1 aromatic carbocycles. The van der Waals surface area contributed by atoms with E-state index in [9.17, 15) is 0 Å². The predicted molar refractivity (Wildman–Crippen MR) is 93.2 cm³/mol. The first-order valence-corrected chi connectivity index (χ1v) is 10.3. The van der Waals surface area contributed by atoms with Gasteiger partial charge in [-0.15, -0.1) is 0 Å². The molecule has 0 bridgehead atoms. The Morgan fingerprint density at radius 2 is 1.74 bits per heavy atom. The highest BCUT2D eigenvalue weighted by atomic mass is 28.4. The van der Waals surface area contributed by atoms with E-state index in [1.54, 1.807) is 21.3 Å². The van der Waals surface area contributed by atoms with Crippen LogP contribution in [0.2, 0.25) is 6.04 Å². The summed E-state index contributed by atoms with van der Waals surface area (Å²) < 4.78 is 21.2. The van der Waals surface area contributed by atoms with Crippen LogP contribution in [0.25, 0.3) is 11.0 Å². The van der Waals surface area contributed by atoms with E-state index in [4.69, 9.17) is 13.3 Å². The van der Waals surface area contributed by atoms with E-state index in [0.717, 1.165) is 25.6 Å². The van der Waals surface area contributed by atoms with Gasteiger partial charge in [-0.3, -0.25) is 0 Å². The van der Waals surface area contributed by atoms with Gasteiger partial charge in [0.05, 0.1) is 13.1 Å². The third kappa shape index (κ3) is 4.20. The Morgan fingerprint density at radius 1 is 1.04 bits per heavy atom. The Balaban J connectivity index is 2.11. The fourth-order valence-electron chi connectivity index (χ4n) is 2.95. The van der Waals surface area contributed by atoms with Gasteiger partial charge < -0.3 is 13.3 Å². The topological polar surface area (TPSA) is 36.5 Å². The summed E-state index contributed by atoms with van der Waals surface area (Å²) in [4.78, 5) is 0. The molecule has 1 aromatic heterocycles. The zero-order valence-electron chi connectivity index (χ0n) is 14.7. The van der Waals surface area contributed by atoms with Crippen molar-refractivity contribution in [3.05, 3.63) is 30.6 Å².